The molecule has 3 aromatic rings. The second kappa shape index (κ2) is 6.86. The number of fused-ring (bicyclic) bond motifs is 3. The molecule has 0 amide bonds. The molecule has 1 aromatic carbocycles. The van der Waals surface area contributed by atoms with Gasteiger partial charge in [0.1, 0.15) is 5.39 Å². The van der Waals surface area contributed by atoms with Gasteiger partial charge in [-0.25, -0.2) is 0 Å². The molecule has 0 atom stereocenters. The van der Waals surface area contributed by atoms with Crippen molar-refractivity contribution in [3.05, 3.63) is 45.0 Å². The third kappa shape index (κ3) is 2.96. The van der Waals surface area contributed by atoms with E-state index in [0.29, 0.717) is 12.1 Å². The number of para-hydroxylation sites is 1. The van der Waals surface area contributed by atoms with Gasteiger partial charge in [-0.3, -0.25) is 19.8 Å². The minimum Gasteiger partial charge on any atom is -0.307 e. The van der Waals surface area contributed by atoms with E-state index in [1.165, 1.54) is 25.7 Å². The van der Waals surface area contributed by atoms with Crippen molar-refractivity contribution in [2.45, 2.75) is 52.0 Å². The molecule has 0 unspecified atom stereocenters. The van der Waals surface area contributed by atoms with Crippen LogP contribution in [0.15, 0.2) is 33.9 Å². The number of aromatic nitrogens is 3. The first-order valence-corrected chi connectivity index (χ1v) is 8.46. The quantitative estimate of drug-likeness (QED) is 0.655. The highest BCUT2D eigenvalue weighted by Gasteiger charge is 2.14. The third-order valence-electron chi connectivity index (χ3n) is 4.44. The SMILES string of the molecule is CCCCCCCCn1c(=O)c2c(=O)[nH][nH]c2c2ccccc21. The zero-order valence-electron chi connectivity index (χ0n) is 13.5. The molecule has 2 aromatic heterocycles. The highest BCUT2D eigenvalue weighted by atomic mass is 16.1. The van der Waals surface area contributed by atoms with Crippen molar-refractivity contribution in [3.8, 4) is 0 Å². The standard InChI is InChI=1S/C18H23N3O2/c1-2-3-4-5-6-9-12-21-14-11-8-7-10-13(14)16-15(18(21)23)17(22)20-19-16/h7-8,10-11H,2-6,9,12H2,1H3,(H2,19,20,22). The highest BCUT2D eigenvalue weighted by molar-refractivity contribution is 6.02. The first-order valence-electron chi connectivity index (χ1n) is 8.46. The fourth-order valence-corrected chi connectivity index (χ4v) is 3.20. The summed E-state index contributed by atoms with van der Waals surface area (Å²) in [5, 5.41) is 6.51. The summed E-state index contributed by atoms with van der Waals surface area (Å²) in [7, 11) is 0. The van der Waals surface area contributed by atoms with Gasteiger partial charge in [0.05, 0.1) is 11.0 Å². The van der Waals surface area contributed by atoms with Crippen LogP contribution in [0.1, 0.15) is 45.4 Å². The molecule has 0 aliphatic carbocycles. The second-order valence-corrected chi connectivity index (χ2v) is 6.07. The molecule has 0 spiro atoms. The number of hydrogen-bond donors (Lipinski definition) is 2. The van der Waals surface area contributed by atoms with E-state index in [-0.39, 0.29) is 16.5 Å². The van der Waals surface area contributed by atoms with Gasteiger partial charge in [0, 0.05) is 11.9 Å². The van der Waals surface area contributed by atoms with E-state index in [0.717, 1.165) is 23.7 Å². The zero-order chi connectivity index (χ0) is 16.2. The largest absolute Gasteiger partial charge is 0.307 e. The van der Waals surface area contributed by atoms with Crippen molar-refractivity contribution in [3.63, 3.8) is 0 Å². The molecule has 3 rings (SSSR count). The number of aromatic amines is 2. The van der Waals surface area contributed by atoms with Crippen LogP contribution in [0.3, 0.4) is 0 Å². The molecule has 5 nitrogen and oxygen atoms in total. The number of nitrogens with one attached hydrogen (secondary N) is 2. The van der Waals surface area contributed by atoms with Gasteiger partial charge in [0.15, 0.2) is 0 Å². The van der Waals surface area contributed by atoms with E-state index in [1.54, 1.807) is 4.57 Å². The number of hydrogen-bond acceptors (Lipinski definition) is 2. The van der Waals surface area contributed by atoms with E-state index in [4.69, 9.17) is 0 Å². The Morgan fingerprint density at radius 1 is 0.957 bits per heavy atom. The van der Waals surface area contributed by atoms with Crippen molar-refractivity contribution in [1.29, 1.82) is 0 Å². The first kappa shape index (κ1) is 15.6. The smallest absolute Gasteiger partial charge is 0.277 e. The van der Waals surface area contributed by atoms with Gasteiger partial charge >= 0.3 is 0 Å². The van der Waals surface area contributed by atoms with Crippen LogP contribution in [-0.2, 0) is 6.54 Å². The van der Waals surface area contributed by atoms with Gasteiger partial charge in [-0.2, -0.15) is 0 Å². The van der Waals surface area contributed by atoms with E-state index in [1.807, 2.05) is 24.3 Å². The molecule has 0 saturated heterocycles. The van der Waals surface area contributed by atoms with Gasteiger partial charge in [0.25, 0.3) is 11.1 Å². The Labute approximate surface area is 134 Å². The maximum atomic E-state index is 12.7. The van der Waals surface area contributed by atoms with E-state index < -0.39 is 0 Å². The predicted molar refractivity (Wildman–Crippen MR) is 94.1 cm³/mol. The summed E-state index contributed by atoms with van der Waals surface area (Å²) < 4.78 is 1.75. The van der Waals surface area contributed by atoms with E-state index in [2.05, 4.69) is 17.1 Å². The van der Waals surface area contributed by atoms with Crippen LogP contribution in [0.5, 0.6) is 0 Å². The summed E-state index contributed by atoms with van der Waals surface area (Å²) in [6, 6.07) is 7.74. The van der Waals surface area contributed by atoms with Crippen LogP contribution in [0.4, 0.5) is 0 Å². The molecule has 0 fully saturated rings. The van der Waals surface area contributed by atoms with Crippen molar-refractivity contribution in [2.24, 2.45) is 0 Å². The molecule has 5 heteroatoms. The maximum Gasteiger partial charge on any atom is 0.277 e. The van der Waals surface area contributed by atoms with Gasteiger partial charge in [0.2, 0.25) is 0 Å². The molecule has 0 bridgehead atoms. The molecule has 122 valence electrons. The first-order chi connectivity index (χ1) is 11.2. The van der Waals surface area contributed by atoms with Crippen molar-refractivity contribution < 1.29 is 0 Å². The van der Waals surface area contributed by atoms with E-state index in [9.17, 15) is 9.59 Å². The van der Waals surface area contributed by atoms with E-state index >= 15 is 0 Å². The summed E-state index contributed by atoms with van der Waals surface area (Å²) >= 11 is 0. The molecular weight excluding hydrogens is 290 g/mol. The topological polar surface area (TPSA) is 70.7 Å². The number of aryl methyl sites for hydroxylation is 1. The number of rotatable bonds is 7. The lowest BCUT2D eigenvalue weighted by Gasteiger charge is -2.11. The van der Waals surface area contributed by atoms with Crippen LogP contribution in [0.2, 0.25) is 0 Å². The predicted octanol–water partition coefficient (Wildman–Crippen LogP) is 3.53. The lowest BCUT2D eigenvalue weighted by Crippen LogP contribution is -2.24. The van der Waals surface area contributed by atoms with Crippen LogP contribution in [0, 0.1) is 0 Å². The summed E-state index contributed by atoms with van der Waals surface area (Å²) in [5.74, 6) is 0. The average Bonchev–Trinajstić information content (AvgIpc) is 2.96. The Hall–Kier alpha value is -2.30. The lowest BCUT2D eigenvalue weighted by molar-refractivity contribution is 0.559. The molecule has 23 heavy (non-hydrogen) atoms. The summed E-state index contributed by atoms with van der Waals surface area (Å²) in [6.45, 7) is 2.86. The van der Waals surface area contributed by atoms with Gasteiger partial charge in [-0.1, -0.05) is 57.2 Å². The van der Waals surface area contributed by atoms with Crippen LogP contribution in [-0.4, -0.2) is 14.8 Å². The Kier molecular flexibility index (Phi) is 4.65. The molecule has 0 aliphatic heterocycles. The van der Waals surface area contributed by atoms with Crippen molar-refractivity contribution in [1.82, 2.24) is 14.8 Å². The minimum absolute atomic E-state index is 0.199. The highest BCUT2D eigenvalue weighted by Crippen LogP contribution is 2.19. The Morgan fingerprint density at radius 2 is 1.70 bits per heavy atom. The van der Waals surface area contributed by atoms with Crippen LogP contribution in [0.25, 0.3) is 21.8 Å². The summed E-state index contributed by atoms with van der Waals surface area (Å²) in [6.07, 6.45) is 7.03. The minimum atomic E-state index is -0.340. The Bertz CT molecular complexity index is 917. The molecule has 2 N–H and O–H groups in total. The molecule has 0 saturated carbocycles. The summed E-state index contributed by atoms with van der Waals surface area (Å²) in [5.41, 5.74) is 0.950. The number of benzene rings is 1. The maximum absolute atomic E-state index is 12.7. The number of H-pyrrole nitrogens is 2. The lowest BCUT2D eigenvalue weighted by atomic mass is 10.1. The number of pyridine rings is 1. The van der Waals surface area contributed by atoms with Crippen LogP contribution < -0.4 is 11.1 Å². The monoisotopic (exact) mass is 313 g/mol. The molecule has 0 radical (unpaired) electrons. The van der Waals surface area contributed by atoms with Gasteiger partial charge in [-0.05, 0) is 12.5 Å². The molecule has 0 aliphatic rings. The average molecular weight is 313 g/mol. The van der Waals surface area contributed by atoms with Gasteiger partial charge in [-0.15, -0.1) is 0 Å². The van der Waals surface area contributed by atoms with Crippen molar-refractivity contribution >= 4 is 21.8 Å². The zero-order valence-corrected chi connectivity index (χ0v) is 13.5. The summed E-state index contributed by atoms with van der Waals surface area (Å²) in [4.78, 5) is 24.7. The normalized spacial score (nSPS) is 11.5. The Morgan fingerprint density at radius 3 is 2.52 bits per heavy atom. The molecule has 2 heterocycles. The number of nitrogens with zero attached hydrogens (tertiary/aromatic N) is 1. The number of unbranched alkanes of at least 4 members (excludes halogenated alkanes) is 5. The van der Waals surface area contributed by atoms with Crippen molar-refractivity contribution in [2.75, 3.05) is 0 Å². The Balaban J connectivity index is 1.94. The molecular formula is C18H23N3O2. The fourth-order valence-electron chi connectivity index (χ4n) is 3.20. The third-order valence-corrected chi connectivity index (χ3v) is 4.44. The van der Waals surface area contributed by atoms with Crippen LogP contribution >= 0.6 is 0 Å². The second-order valence-electron chi connectivity index (χ2n) is 6.07. The fraction of sp³-hybridized carbons (Fsp3) is 0.444. The van der Waals surface area contributed by atoms with Gasteiger partial charge < -0.3 is 4.57 Å².